The Kier molecular flexibility index (Phi) is 12.1. The minimum Gasteiger partial charge on any atom is -0.453 e. The predicted octanol–water partition coefficient (Wildman–Crippen LogP) is 6.54. The molecular weight excluding hydrogens is 713 g/mol. The maximum absolute atomic E-state index is 14.0. The molecule has 56 heavy (non-hydrogen) atoms. The first kappa shape index (κ1) is 38.4. The second-order valence-corrected chi connectivity index (χ2v) is 14.7. The van der Waals surface area contributed by atoms with Crippen molar-refractivity contribution < 1.29 is 28.7 Å². The summed E-state index contributed by atoms with van der Waals surface area (Å²) in [7, 11) is 2.59. The number of likely N-dealkylation sites (tertiary alicyclic amines) is 1. The van der Waals surface area contributed by atoms with Crippen LogP contribution in [0.1, 0.15) is 75.5 Å². The van der Waals surface area contributed by atoms with Crippen molar-refractivity contribution in [1.82, 2.24) is 40.8 Å². The number of alkyl carbamates (subject to hydrolysis) is 2. The Morgan fingerprint density at radius 2 is 1.55 bits per heavy atom. The zero-order chi connectivity index (χ0) is 39.0. The lowest BCUT2D eigenvalue weighted by Gasteiger charge is -2.34. The van der Waals surface area contributed by atoms with E-state index in [0.29, 0.717) is 13.1 Å². The molecule has 14 heteroatoms. The number of methoxy groups -OCH3 is 2. The highest BCUT2D eigenvalue weighted by Gasteiger charge is 2.40. The zero-order valence-electron chi connectivity index (χ0n) is 32.0. The molecule has 1 aliphatic carbocycles. The van der Waals surface area contributed by atoms with E-state index in [4.69, 9.17) is 9.72 Å². The maximum atomic E-state index is 14.0. The Morgan fingerprint density at radius 1 is 0.821 bits per heavy atom. The number of nitrogens with one attached hydrogen (secondary N) is 5. The smallest absolute Gasteiger partial charge is 0.407 e. The van der Waals surface area contributed by atoms with Gasteiger partial charge in [0.2, 0.25) is 11.8 Å². The lowest BCUT2D eigenvalue weighted by Crippen LogP contribution is -2.52. The number of benzene rings is 3. The molecule has 2 aromatic heterocycles. The summed E-state index contributed by atoms with van der Waals surface area (Å²) < 4.78 is 9.37. The van der Waals surface area contributed by atoms with Gasteiger partial charge in [0, 0.05) is 25.1 Å². The van der Waals surface area contributed by atoms with Gasteiger partial charge in [0.25, 0.3) is 0 Å². The number of carbonyl (C=O) groups is 4. The molecule has 1 saturated heterocycles. The molecule has 5 N–H and O–H groups in total. The number of nitrogens with zero attached hydrogens (tertiary/aromatic N) is 3. The average molecular weight is 763 g/mol. The average Bonchev–Trinajstić information content (AvgIpc) is 4.01. The minimum atomic E-state index is -0.635. The summed E-state index contributed by atoms with van der Waals surface area (Å²) >= 11 is 0. The lowest BCUT2D eigenvalue weighted by molar-refractivity contribution is -0.136. The number of ether oxygens (including phenoxy) is 2. The van der Waals surface area contributed by atoms with Crippen molar-refractivity contribution in [2.24, 2.45) is 5.92 Å². The topological polar surface area (TPSA) is 183 Å². The van der Waals surface area contributed by atoms with Crippen molar-refractivity contribution >= 4 is 45.8 Å². The molecule has 1 saturated carbocycles. The maximum Gasteiger partial charge on any atom is 0.407 e. The Morgan fingerprint density at radius 3 is 2.34 bits per heavy atom. The van der Waals surface area contributed by atoms with E-state index in [2.05, 4.69) is 84.2 Å². The molecule has 7 rings (SSSR count). The van der Waals surface area contributed by atoms with Gasteiger partial charge in [0.05, 0.1) is 49.7 Å². The Hall–Kier alpha value is -5.92. The molecule has 2 atom stereocenters. The molecule has 294 valence electrons. The van der Waals surface area contributed by atoms with E-state index < -0.39 is 18.2 Å². The van der Waals surface area contributed by atoms with Crippen LogP contribution in [-0.2, 0) is 25.5 Å². The van der Waals surface area contributed by atoms with Gasteiger partial charge >= 0.3 is 12.2 Å². The van der Waals surface area contributed by atoms with Crippen LogP contribution < -0.4 is 16.0 Å². The highest BCUT2D eigenvalue weighted by molar-refractivity contribution is 5.92. The summed E-state index contributed by atoms with van der Waals surface area (Å²) in [5.41, 5.74) is 5.90. The van der Waals surface area contributed by atoms with Crippen LogP contribution in [-0.4, -0.2) is 88.7 Å². The first-order chi connectivity index (χ1) is 27.3. The van der Waals surface area contributed by atoms with Crippen molar-refractivity contribution in [3.63, 3.8) is 0 Å². The predicted molar refractivity (Wildman–Crippen MR) is 213 cm³/mol. The molecular formula is C42H50N8O6. The normalized spacial score (nSPS) is 16.5. The summed E-state index contributed by atoms with van der Waals surface area (Å²) in [5, 5.41) is 10.3. The summed E-state index contributed by atoms with van der Waals surface area (Å²) in [6.45, 7) is 1.02. The van der Waals surface area contributed by atoms with Crippen LogP contribution in [0.25, 0.3) is 44.2 Å². The molecule has 2 aliphatic rings. The largest absolute Gasteiger partial charge is 0.453 e. The number of hydrogen-bond acceptors (Lipinski definition) is 8. The number of aromatic nitrogens is 4. The van der Waals surface area contributed by atoms with E-state index in [1.165, 1.54) is 14.2 Å². The van der Waals surface area contributed by atoms with Gasteiger partial charge in [-0.2, -0.15) is 0 Å². The summed E-state index contributed by atoms with van der Waals surface area (Å²) in [6, 6.07) is 18.3. The van der Waals surface area contributed by atoms with Gasteiger partial charge in [-0.1, -0.05) is 49.6 Å². The third-order valence-electron chi connectivity index (χ3n) is 11.1. The SMILES string of the molecule is COC(=O)NCC(=O)NCCCCc1ncc(-c2ccc3cc(-c4ccc5nc(C6CCCN6C(=O)C(NC(=O)OC)C6CCCCC6)[nH]c5c4)ccc3c2)[nH]1. The zero-order valence-corrected chi connectivity index (χ0v) is 32.0. The number of imidazole rings is 2. The molecule has 0 spiro atoms. The summed E-state index contributed by atoms with van der Waals surface area (Å²) in [4.78, 5) is 67.6. The van der Waals surface area contributed by atoms with E-state index >= 15 is 0 Å². The first-order valence-electron chi connectivity index (χ1n) is 19.6. The van der Waals surface area contributed by atoms with Crippen molar-refractivity contribution in [1.29, 1.82) is 0 Å². The fraction of sp³-hybridized carbons (Fsp3) is 0.429. The molecule has 3 heterocycles. The molecule has 14 nitrogen and oxygen atoms in total. The second kappa shape index (κ2) is 17.7. The Balaban J connectivity index is 0.986. The summed E-state index contributed by atoms with van der Waals surface area (Å²) in [6.07, 6.45) is 9.83. The third-order valence-corrected chi connectivity index (χ3v) is 11.1. The van der Waals surface area contributed by atoms with E-state index in [0.717, 1.165) is 120 Å². The van der Waals surface area contributed by atoms with E-state index in [9.17, 15) is 19.2 Å². The molecule has 1 aliphatic heterocycles. The van der Waals surface area contributed by atoms with Crippen LogP contribution in [0.5, 0.6) is 0 Å². The standard InChI is InChI=1S/C42H50N8O6/c1-55-41(53)45-25-37(51)43-19-7-6-12-36-44-24-34(46-36)31-16-15-27-21-28(13-14-29(27)22-31)30-17-18-32-33(23-30)48-39(47-32)35-11-8-20-50(35)40(52)38(49-42(54)56-2)26-9-4-3-5-10-26/h13-18,21-24,26,35,38H,3-12,19-20,25H2,1-2H3,(H,43,51)(H,44,46)(H,45,53)(H,47,48)(H,49,54). The first-order valence-corrected chi connectivity index (χ1v) is 19.6. The fourth-order valence-electron chi connectivity index (χ4n) is 8.06. The van der Waals surface area contributed by atoms with Crippen LogP contribution in [0.3, 0.4) is 0 Å². The number of unbranched alkanes of at least 4 members (excludes halogenated alkanes) is 1. The number of aryl methyl sites for hydroxylation is 1. The monoisotopic (exact) mass is 762 g/mol. The van der Waals surface area contributed by atoms with Crippen molar-refractivity contribution in [2.45, 2.75) is 76.3 Å². The molecule has 3 aromatic carbocycles. The van der Waals surface area contributed by atoms with Gasteiger partial charge in [-0.3, -0.25) is 9.59 Å². The van der Waals surface area contributed by atoms with E-state index in [1.54, 1.807) is 0 Å². The fourth-order valence-corrected chi connectivity index (χ4v) is 8.06. The third kappa shape index (κ3) is 8.96. The molecule has 0 bridgehead atoms. The highest BCUT2D eigenvalue weighted by Crippen LogP contribution is 2.36. The molecule has 4 amide bonds. The van der Waals surface area contributed by atoms with Crippen molar-refractivity contribution in [2.75, 3.05) is 33.9 Å². The van der Waals surface area contributed by atoms with Gasteiger partial charge in [-0.05, 0) is 90.6 Å². The van der Waals surface area contributed by atoms with Gasteiger partial charge in [-0.25, -0.2) is 19.6 Å². The number of hydrogen-bond donors (Lipinski definition) is 5. The summed E-state index contributed by atoms with van der Waals surface area (Å²) in [5.74, 6) is 1.44. The van der Waals surface area contributed by atoms with Crippen molar-refractivity contribution in [3.05, 3.63) is 72.4 Å². The molecule has 2 fully saturated rings. The number of H-pyrrole nitrogens is 2. The van der Waals surface area contributed by atoms with Crippen LogP contribution >= 0.6 is 0 Å². The van der Waals surface area contributed by atoms with Crippen LogP contribution in [0, 0.1) is 5.92 Å². The number of amides is 4. The van der Waals surface area contributed by atoms with E-state index in [1.807, 2.05) is 17.2 Å². The lowest BCUT2D eigenvalue weighted by atomic mass is 9.83. The van der Waals surface area contributed by atoms with Gasteiger partial charge < -0.3 is 40.3 Å². The van der Waals surface area contributed by atoms with Crippen LogP contribution in [0.2, 0.25) is 0 Å². The minimum absolute atomic E-state index is 0.0538. The van der Waals surface area contributed by atoms with Crippen molar-refractivity contribution in [3.8, 4) is 22.4 Å². The quantitative estimate of drug-likeness (QED) is 0.0839. The second-order valence-electron chi connectivity index (χ2n) is 14.7. The van der Waals surface area contributed by atoms with Crippen LogP contribution in [0.4, 0.5) is 9.59 Å². The number of aromatic amines is 2. The molecule has 2 unspecified atom stereocenters. The van der Waals surface area contributed by atoms with Gasteiger partial charge in [-0.15, -0.1) is 0 Å². The Bertz CT molecular complexity index is 2190. The van der Waals surface area contributed by atoms with Gasteiger partial charge in [0.15, 0.2) is 0 Å². The number of fused-ring (bicyclic) bond motifs is 2. The van der Waals surface area contributed by atoms with Gasteiger partial charge in [0.1, 0.15) is 17.7 Å². The Labute approximate surface area is 325 Å². The molecule has 0 radical (unpaired) electrons. The van der Waals surface area contributed by atoms with E-state index in [-0.39, 0.29) is 30.3 Å². The number of rotatable bonds is 13. The number of carbonyl (C=O) groups excluding carboxylic acids is 4. The highest BCUT2D eigenvalue weighted by atomic mass is 16.5. The molecule has 5 aromatic rings. The van der Waals surface area contributed by atoms with Crippen LogP contribution in [0.15, 0.2) is 60.8 Å².